The summed E-state index contributed by atoms with van der Waals surface area (Å²) in [7, 11) is -0.448. The van der Waals surface area contributed by atoms with Crippen molar-refractivity contribution < 1.29 is 27.7 Å². The molecule has 4 amide bonds. The van der Waals surface area contributed by atoms with Crippen molar-refractivity contribution in [1.29, 1.82) is 0 Å². The van der Waals surface area contributed by atoms with E-state index in [2.05, 4.69) is 78.4 Å². The maximum Gasteiger partial charge on any atom is 0.534 e. The van der Waals surface area contributed by atoms with Crippen LogP contribution in [-0.2, 0) is 9.31 Å². The Bertz CT molecular complexity index is 3540. The van der Waals surface area contributed by atoms with Gasteiger partial charge >= 0.3 is 19.2 Å². The number of aromatic nitrogens is 8. The fourth-order valence-corrected chi connectivity index (χ4v) is 10.4. The molecule has 0 spiro atoms. The van der Waals surface area contributed by atoms with Gasteiger partial charge in [-0.05, 0) is 138 Å². The number of aryl methyl sites for hydroxylation is 4. The van der Waals surface area contributed by atoms with Gasteiger partial charge in [0.25, 0.3) is 0 Å². The third-order valence-electron chi connectivity index (χ3n) is 14.7. The lowest BCUT2D eigenvalue weighted by Crippen LogP contribution is -2.48. The van der Waals surface area contributed by atoms with Crippen molar-refractivity contribution in [3.05, 3.63) is 138 Å². The van der Waals surface area contributed by atoms with Gasteiger partial charge in [0, 0.05) is 84.9 Å². The third kappa shape index (κ3) is 10.7. The second-order valence-corrected chi connectivity index (χ2v) is 21.7. The number of oxazole rings is 2. The number of carbonyl (C=O) groups is 2. The van der Waals surface area contributed by atoms with Crippen molar-refractivity contribution in [2.24, 2.45) is 0 Å². The molecule has 8 aromatic heterocycles. The minimum absolute atomic E-state index is 0.0555. The number of anilines is 6. The van der Waals surface area contributed by atoms with Crippen molar-refractivity contribution >= 4 is 75.2 Å². The molecule has 3 saturated heterocycles. The molecule has 0 saturated carbocycles. The Labute approximate surface area is 460 Å². The molecule has 3 fully saturated rings. The van der Waals surface area contributed by atoms with E-state index >= 15 is 0 Å². The monoisotopic (exact) mass is 1110 g/mol. The molecule has 13 rings (SSSR count). The highest BCUT2D eigenvalue weighted by Crippen LogP contribution is 2.43. The first kappa shape index (κ1) is 52.0. The van der Waals surface area contributed by atoms with Crippen molar-refractivity contribution in [2.45, 2.75) is 91.5 Å². The van der Waals surface area contributed by atoms with Crippen LogP contribution in [0, 0.1) is 27.7 Å². The maximum absolute atomic E-state index is 13.6. The first-order valence-electron chi connectivity index (χ1n) is 25.8. The highest BCUT2D eigenvalue weighted by molar-refractivity contribution is 9.10. The number of urea groups is 2. The highest BCUT2D eigenvalue weighted by Gasteiger charge is 2.53. The molecule has 2 atom stereocenters. The number of carbonyl (C=O) groups excluding carboxylic acids is 2. The number of fused-ring (bicyclic) bond motifs is 8. The average molecular weight is 1110 g/mol. The molecule has 2 N–H and O–H groups in total. The van der Waals surface area contributed by atoms with E-state index in [1.165, 1.54) is 0 Å². The van der Waals surface area contributed by atoms with Crippen molar-refractivity contribution in [3.8, 4) is 34.0 Å². The van der Waals surface area contributed by atoms with E-state index in [9.17, 15) is 9.59 Å². The minimum atomic E-state index is -0.448. The number of pyridine rings is 6. The van der Waals surface area contributed by atoms with Gasteiger partial charge in [0.15, 0.2) is 23.2 Å². The molecule has 5 aliphatic rings. The number of amides is 4. The summed E-state index contributed by atoms with van der Waals surface area (Å²) in [6.07, 6.45) is 15.3. The molecule has 20 nitrogen and oxygen atoms in total. The number of halogens is 1. The summed E-state index contributed by atoms with van der Waals surface area (Å²) < 4.78 is 23.4. The van der Waals surface area contributed by atoms with Gasteiger partial charge in [-0.3, -0.25) is 29.7 Å². The average Bonchev–Trinajstić information content (AvgIpc) is 4.45. The van der Waals surface area contributed by atoms with Gasteiger partial charge in [0.2, 0.25) is 5.89 Å². The largest absolute Gasteiger partial charge is 0.534 e. The number of nitrogens with zero attached hydrogens (tertiary/aromatic N) is 12. The molecule has 8 aromatic rings. The normalized spacial score (nSPS) is 18.1. The zero-order valence-corrected chi connectivity index (χ0v) is 46.1. The lowest BCUT2D eigenvalue weighted by Gasteiger charge is -2.36. The molecule has 398 valence electrons. The van der Waals surface area contributed by atoms with Crippen LogP contribution in [0.4, 0.5) is 44.0 Å². The standard InChI is InChI=1S/C25H23N7O2.C21H19BrN6O.C10H16BNO3/c1-15-9-17(5-7-27-15)21-3-4-22-23(30-21)32(20-6-8-31(22)14-20)25(33)29-19-10-18(12-26-13-19)24-28-11-16(2)34-24;1-13-8-14(4-6-24-13)18-2-3-19-20(26-18)28(17-5-7-27(19)12-17)21(29)25-16-9-15(22)10-23-11-16;1-7-12-6-8(13-7)11-14-9(2,3)10(4,5)15-11/h3-5,7,9-13,20H,6,8,14H2,1-2H3,(H,29,33);2-4,6,8-11,17H,5,7,12H2,1H3,(H,25,29);6H,1-5H3/t20-;17-;/m00./s1. The summed E-state index contributed by atoms with van der Waals surface area (Å²) >= 11 is 3.40. The predicted molar refractivity (Wildman–Crippen MR) is 302 cm³/mol. The number of nitrogens with one attached hydrogen (secondary N) is 2. The number of hydrogen-bond acceptors (Lipinski definition) is 16. The summed E-state index contributed by atoms with van der Waals surface area (Å²) in [6.45, 7) is 19.0. The summed E-state index contributed by atoms with van der Waals surface area (Å²) in [4.78, 5) is 70.0. The van der Waals surface area contributed by atoms with Gasteiger partial charge < -0.3 is 38.6 Å². The predicted octanol–water partition coefficient (Wildman–Crippen LogP) is 9.96. The Morgan fingerprint density at radius 3 is 1.64 bits per heavy atom. The molecule has 78 heavy (non-hydrogen) atoms. The molecular formula is C56H58BBrN14O6. The Morgan fingerprint density at radius 2 is 1.15 bits per heavy atom. The Kier molecular flexibility index (Phi) is 14.0. The van der Waals surface area contributed by atoms with Crippen LogP contribution in [0.25, 0.3) is 34.0 Å². The molecule has 13 heterocycles. The van der Waals surface area contributed by atoms with Crippen molar-refractivity contribution in [1.82, 2.24) is 39.9 Å². The minimum Gasteiger partial charge on any atom is -0.450 e. The van der Waals surface area contributed by atoms with E-state index in [1.54, 1.807) is 66.3 Å². The van der Waals surface area contributed by atoms with Crippen LogP contribution < -0.4 is 35.9 Å². The molecule has 0 aromatic carbocycles. The van der Waals surface area contributed by atoms with Crippen LogP contribution in [-0.4, -0.2) is 109 Å². The van der Waals surface area contributed by atoms with Crippen LogP contribution in [0.5, 0.6) is 0 Å². The lowest BCUT2D eigenvalue weighted by molar-refractivity contribution is 0.00578. The second kappa shape index (κ2) is 21.0. The molecule has 5 aliphatic heterocycles. The van der Waals surface area contributed by atoms with Crippen LogP contribution in [0.3, 0.4) is 0 Å². The lowest BCUT2D eigenvalue weighted by atomic mass is 9.87. The molecular weight excluding hydrogens is 1060 g/mol. The SMILES string of the molecule is Cc1cc(-c2ccc3c(n2)N(C(=O)Nc2cncc(-c4ncc(C)o4)c2)[C@H]2CCN3C2)ccn1.Cc1cc(-c2ccc3c(n2)N(C(=O)Nc2cncc(Br)c2)[C@H]2CCN3C2)ccn1.Cc1ncc(B2OC(C)(C)C(C)(C)O2)o1. The van der Waals surface area contributed by atoms with E-state index in [0.29, 0.717) is 51.8 Å². The molecule has 0 radical (unpaired) electrons. The van der Waals surface area contributed by atoms with Crippen LogP contribution >= 0.6 is 15.9 Å². The topological polar surface area (TPSA) is 219 Å². The van der Waals surface area contributed by atoms with Crippen molar-refractivity contribution in [2.75, 3.05) is 56.4 Å². The van der Waals surface area contributed by atoms with Gasteiger partial charge in [0.1, 0.15) is 5.76 Å². The Hall–Kier alpha value is -8.08. The van der Waals surface area contributed by atoms with Gasteiger partial charge in [-0.25, -0.2) is 29.5 Å². The van der Waals surface area contributed by atoms with E-state index in [4.69, 9.17) is 28.1 Å². The Morgan fingerprint density at radius 1 is 0.615 bits per heavy atom. The van der Waals surface area contributed by atoms with E-state index in [-0.39, 0.29) is 35.3 Å². The zero-order chi connectivity index (χ0) is 54.5. The third-order valence-corrected chi connectivity index (χ3v) is 15.1. The number of rotatable bonds is 6. The maximum atomic E-state index is 13.6. The zero-order valence-electron chi connectivity index (χ0n) is 44.6. The smallest absolute Gasteiger partial charge is 0.450 e. The molecule has 4 bridgehead atoms. The number of hydrogen-bond donors (Lipinski definition) is 2. The van der Waals surface area contributed by atoms with E-state index < -0.39 is 7.12 Å². The summed E-state index contributed by atoms with van der Waals surface area (Å²) in [5.41, 5.74) is 9.31. The fourth-order valence-electron chi connectivity index (χ4n) is 10.1. The first-order valence-corrected chi connectivity index (χ1v) is 26.6. The van der Waals surface area contributed by atoms with Crippen molar-refractivity contribution in [3.63, 3.8) is 0 Å². The van der Waals surface area contributed by atoms with Gasteiger partial charge in [-0.2, -0.15) is 0 Å². The summed E-state index contributed by atoms with van der Waals surface area (Å²) in [5.74, 6) is 3.18. The van der Waals surface area contributed by atoms with Crippen LogP contribution in [0.2, 0.25) is 0 Å². The van der Waals surface area contributed by atoms with Gasteiger partial charge in [0.05, 0.1) is 87.8 Å². The van der Waals surface area contributed by atoms with Gasteiger partial charge in [-0.15, -0.1) is 0 Å². The molecule has 0 unspecified atom stereocenters. The Balaban J connectivity index is 0.000000133. The first-order chi connectivity index (χ1) is 37.4. The second-order valence-electron chi connectivity index (χ2n) is 20.8. The van der Waals surface area contributed by atoms with Crippen LogP contribution in [0.1, 0.15) is 63.6 Å². The highest BCUT2D eigenvalue weighted by atomic mass is 79.9. The van der Waals surface area contributed by atoms with E-state index in [1.807, 2.05) is 97.0 Å². The van der Waals surface area contributed by atoms with Gasteiger partial charge in [-0.1, -0.05) is 0 Å². The van der Waals surface area contributed by atoms with E-state index in [0.717, 1.165) is 88.8 Å². The molecule has 0 aliphatic carbocycles. The molecule has 22 heteroatoms. The van der Waals surface area contributed by atoms with Crippen LogP contribution in [0.15, 0.2) is 124 Å². The summed E-state index contributed by atoms with van der Waals surface area (Å²) in [5, 5.41) is 5.98. The summed E-state index contributed by atoms with van der Waals surface area (Å²) in [6, 6.07) is 19.4. The fraction of sp³-hybridized carbons (Fsp3) is 0.321. The quantitative estimate of drug-likeness (QED) is 0.148.